The first-order valence-electron chi connectivity index (χ1n) is 9.36. The first kappa shape index (κ1) is 17.0. The number of fused-ring (bicyclic) bond motifs is 2. The molecule has 4 heterocycles. The molecule has 0 aromatic carbocycles. The smallest absolute Gasteiger partial charge is 0.0998 e. The summed E-state index contributed by atoms with van der Waals surface area (Å²) in [6, 6.07) is 5.98. The number of allylic oxidation sites excluding steroid dienone is 5. The number of hydrogen-bond acceptors (Lipinski definition) is 4. The molecule has 0 radical (unpaired) electrons. The molecule has 0 amide bonds. The van der Waals surface area contributed by atoms with Gasteiger partial charge >= 0.3 is 0 Å². The van der Waals surface area contributed by atoms with Crippen LogP contribution in [0.15, 0.2) is 76.6 Å². The Morgan fingerprint density at radius 2 is 2.00 bits per heavy atom. The number of halogens is 1. The summed E-state index contributed by atoms with van der Waals surface area (Å²) in [6.45, 7) is 1.02. The zero-order valence-electron chi connectivity index (χ0n) is 14.9. The van der Waals surface area contributed by atoms with Crippen LogP contribution in [-0.2, 0) is 0 Å². The molecule has 0 N–H and O–H groups in total. The highest BCUT2D eigenvalue weighted by Gasteiger charge is 2.31. The van der Waals surface area contributed by atoms with Crippen molar-refractivity contribution in [2.75, 3.05) is 6.54 Å². The molecule has 2 aromatic heterocycles. The van der Waals surface area contributed by atoms with E-state index in [1.165, 1.54) is 23.5 Å². The Morgan fingerprint density at radius 3 is 2.89 bits per heavy atom. The van der Waals surface area contributed by atoms with E-state index in [4.69, 9.17) is 16.6 Å². The third-order valence-corrected chi connectivity index (χ3v) is 6.81. The van der Waals surface area contributed by atoms with Crippen molar-refractivity contribution in [2.24, 2.45) is 5.92 Å². The Bertz CT molecular complexity index is 970. The van der Waals surface area contributed by atoms with E-state index < -0.39 is 0 Å². The molecule has 1 fully saturated rings. The molecule has 2 aliphatic heterocycles. The predicted molar refractivity (Wildman–Crippen MR) is 111 cm³/mol. The molecule has 27 heavy (non-hydrogen) atoms. The molecular weight excluding hydrogens is 374 g/mol. The van der Waals surface area contributed by atoms with Crippen LogP contribution >= 0.6 is 22.9 Å². The molecule has 0 saturated heterocycles. The largest absolute Gasteiger partial charge is 0.346 e. The SMILES string of the molecule is ClC1=CN2C[C@H]3CC[C@H](c4nc(-c5ccccn5)cs4)CC3=CC=C2C=C1. The van der Waals surface area contributed by atoms with E-state index in [1.807, 2.05) is 30.5 Å². The molecule has 0 bridgehead atoms. The van der Waals surface area contributed by atoms with Gasteiger partial charge in [0, 0.05) is 35.9 Å². The summed E-state index contributed by atoms with van der Waals surface area (Å²) >= 11 is 7.97. The van der Waals surface area contributed by atoms with E-state index in [1.54, 1.807) is 16.9 Å². The maximum atomic E-state index is 6.20. The van der Waals surface area contributed by atoms with E-state index in [-0.39, 0.29) is 0 Å². The van der Waals surface area contributed by atoms with Gasteiger partial charge in [0.05, 0.1) is 21.4 Å². The van der Waals surface area contributed by atoms with Crippen molar-refractivity contribution in [3.8, 4) is 11.4 Å². The standard InChI is InChI=1S/C22H20ClN3S/c23-18-7-9-19-8-6-15-11-16(4-5-17(15)12-26(19)13-18)22-25-21(14-27-22)20-3-1-2-10-24-20/h1-3,6-10,13-14,16-17H,4-5,11-12H2/t16-,17+/m0/s1. The number of thiazole rings is 1. The van der Waals surface area contributed by atoms with Crippen LogP contribution < -0.4 is 0 Å². The average molecular weight is 394 g/mol. The molecule has 3 aliphatic rings. The Balaban J connectivity index is 1.36. The lowest BCUT2D eigenvalue weighted by Crippen LogP contribution is -2.28. The van der Waals surface area contributed by atoms with Crippen LogP contribution in [0.3, 0.4) is 0 Å². The van der Waals surface area contributed by atoms with Crippen LogP contribution in [0.1, 0.15) is 30.2 Å². The van der Waals surface area contributed by atoms with E-state index in [9.17, 15) is 0 Å². The highest BCUT2D eigenvalue weighted by atomic mass is 35.5. The summed E-state index contributed by atoms with van der Waals surface area (Å²) in [5, 5.41) is 4.19. The lowest BCUT2D eigenvalue weighted by molar-refractivity contribution is 0.336. The van der Waals surface area contributed by atoms with Gasteiger partial charge in [0.1, 0.15) is 0 Å². The normalized spacial score (nSPS) is 24.3. The summed E-state index contributed by atoms with van der Waals surface area (Å²) in [4.78, 5) is 11.6. The number of aromatic nitrogens is 2. The second-order valence-corrected chi connectivity index (χ2v) is 8.62. The number of hydrogen-bond donors (Lipinski definition) is 0. The molecule has 5 rings (SSSR count). The van der Waals surface area contributed by atoms with Gasteiger partial charge in [0.2, 0.25) is 0 Å². The van der Waals surface area contributed by atoms with Crippen LogP contribution in [0.2, 0.25) is 0 Å². The fourth-order valence-corrected chi connectivity index (χ4v) is 5.27. The molecule has 1 aliphatic carbocycles. The summed E-state index contributed by atoms with van der Waals surface area (Å²) in [5.74, 6) is 1.11. The minimum Gasteiger partial charge on any atom is -0.346 e. The molecule has 0 unspecified atom stereocenters. The lowest BCUT2D eigenvalue weighted by Gasteiger charge is -2.33. The van der Waals surface area contributed by atoms with Gasteiger partial charge in [0.25, 0.3) is 0 Å². The van der Waals surface area contributed by atoms with Gasteiger partial charge in [-0.3, -0.25) is 4.98 Å². The summed E-state index contributed by atoms with van der Waals surface area (Å²) in [5.41, 5.74) is 4.72. The second-order valence-electron chi connectivity index (χ2n) is 7.29. The highest BCUT2D eigenvalue weighted by molar-refractivity contribution is 7.10. The van der Waals surface area contributed by atoms with Gasteiger partial charge < -0.3 is 4.90 Å². The monoisotopic (exact) mass is 393 g/mol. The minimum absolute atomic E-state index is 0.512. The number of nitrogens with zero attached hydrogens (tertiary/aromatic N) is 3. The van der Waals surface area contributed by atoms with Gasteiger partial charge in [-0.2, -0.15) is 0 Å². The van der Waals surface area contributed by atoms with Gasteiger partial charge in [-0.15, -0.1) is 11.3 Å². The number of pyridine rings is 1. The Hall–Kier alpha value is -2.17. The van der Waals surface area contributed by atoms with Crippen LogP contribution in [-0.4, -0.2) is 21.4 Å². The highest BCUT2D eigenvalue weighted by Crippen LogP contribution is 2.43. The Morgan fingerprint density at radius 1 is 1.07 bits per heavy atom. The van der Waals surface area contributed by atoms with E-state index in [0.717, 1.165) is 29.4 Å². The van der Waals surface area contributed by atoms with Crippen molar-refractivity contribution in [3.63, 3.8) is 0 Å². The van der Waals surface area contributed by atoms with Crippen LogP contribution in [0, 0.1) is 5.92 Å². The zero-order chi connectivity index (χ0) is 18.2. The van der Waals surface area contributed by atoms with Crippen molar-refractivity contribution in [3.05, 3.63) is 81.6 Å². The minimum atomic E-state index is 0.512. The Labute approximate surface area is 168 Å². The maximum Gasteiger partial charge on any atom is 0.0998 e. The van der Waals surface area contributed by atoms with Crippen LogP contribution in [0.5, 0.6) is 0 Å². The van der Waals surface area contributed by atoms with Gasteiger partial charge in [-0.05, 0) is 55.5 Å². The fraction of sp³-hybridized carbons (Fsp3) is 0.273. The summed E-state index contributed by atoms with van der Waals surface area (Å²) in [6.07, 6.45) is 16.0. The van der Waals surface area contributed by atoms with Crippen molar-refractivity contribution in [1.29, 1.82) is 0 Å². The van der Waals surface area contributed by atoms with E-state index >= 15 is 0 Å². The third-order valence-electron chi connectivity index (χ3n) is 5.58. The van der Waals surface area contributed by atoms with Gasteiger partial charge in [-0.25, -0.2) is 4.98 Å². The molecule has 0 spiro atoms. The van der Waals surface area contributed by atoms with Crippen LogP contribution in [0.25, 0.3) is 11.4 Å². The maximum absolute atomic E-state index is 6.20. The van der Waals surface area contributed by atoms with Crippen molar-refractivity contribution in [1.82, 2.24) is 14.9 Å². The molecule has 136 valence electrons. The molecule has 2 aromatic rings. The molecular formula is C22H20ClN3S. The van der Waals surface area contributed by atoms with Gasteiger partial charge in [-0.1, -0.05) is 29.3 Å². The van der Waals surface area contributed by atoms with Crippen LogP contribution in [0.4, 0.5) is 0 Å². The first-order chi connectivity index (χ1) is 13.3. The molecule has 3 nitrogen and oxygen atoms in total. The van der Waals surface area contributed by atoms with Crippen molar-refractivity contribution < 1.29 is 0 Å². The topological polar surface area (TPSA) is 29.0 Å². The Kier molecular flexibility index (Phi) is 4.46. The van der Waals surface area contributed by atoms with Gasteiger partial charge in [0.15, 0.2) is 0 Å². The zero-order valence-corrected chi connectivity index (χ0v) is 16.5. The van der Waals surface area contributed by atoms with E-state index in [0.29, 0.717) is 11.8 Å². The predicted octanol–water partition coefficient (Wildman–Crippen LogP) is 5.86. The summed E-state index contributed by atoms with van der Waals surface area (Å²) < 4.78 is 0. The average Bonchev–Trinajstić information content (AvgIpc) is 3.12. The molecule has 2 atom stereocenters. The lowest BCUT2D eigenvalue weighted by atomic mass is 9.78. The second kappa shape index (κ2) is 7.10. The van der Waals surface area contributed by atoms with Crippen molar-refractivity contribution >= 4 is 22.9 Å². The number of rotatable bonds is 2. The van der Waals surface area contributed by atoms with Crippen molar-refractivity contribution in [2.45, 2.75) is 25.2 Å². The fourth-order valence-electron chi connectivity index (χ4n) is 4.14. The molecule has 5 heteroatoms. The first-order valence-corrected chi connectivity index (χ1v) is 10.6. The quantitative estimate of drug-likeness (QED) is 0.639. The molecule has 1 saturated carbocycles. The summed E-state index contributed by atoms with van der Waals surface area (Å²) in [7, 11) is 0. The third kappa shape index (κ3) is 3.40. The van der Waals surface area contributed by atoms with E-state index in [2.05, 4.69) is 39.7 Å².